The molecule has 2 rings (SSSR count). The van der Waals surface area contributed by atoms with E-state index in [1.54, 1.807) is 0 Å². The predicted octanol–water partition coefficient (Wildman–Crippen LogP) is 1.04. The van der Waals surface area contributed by atoms with Crippen LogP contribution in [0, 0.1) is 6.92 Å². The highest BCUT2D eigenvalue weighted by atomic mass is 16.1. The first-order chi connectivity index (χ1) is 5.27. The van der Waals surface area contributed by atoms with E-state index in [1.165, 1.54) is 0 Å². The summed E-state index contributed by atoms with van der Waals surface area (Å²) in [6, 6.07) is 5.54. The van der Waals surface area contributed by atoms with Gasteiger partial charge in [0.2, 0.25) is 0 Å². The summed E-state index contributed by atoms with van der Waals surface area (Å²) in [5, 5.41) is 0. The Morgan fingerprint density at radius 2 is 2.09 bits per heavy atom. The largest absolute Gasteiger partial charge is 0.323 e. The molecule has 0 saturated heterocycles. The van der Waals surface area contributed by atoms with Crippen molar-refractivity contribution in [1.82, 2.24) is 9.97 Å². The number of hydrogen-bond acceptors (Lipinski definition) is 1. The summed E-state index contributed by atoms with van der Waals surface area (Å²) in [7, 11) is 0. The van der Waals surface area contributed by atoms with Crippen molar-refractivity contribution in [3.8, 4) is 0 Å². The minimum Gasteiger partial charge on any atom is -0.306 e. The van der Waals surface area contributed by atoms with Crippen molar-refractivity contribution in [3.05, 3.63) is 41.2 Å². The smallest absolute Gasteiger partial charge is 0.306 e. The standard InChI is InChI=1S/C8H7N2O/c1-5-3-2-4-6-7(5)10-8(11)9-6/h2-4H,1H2,(H2,9,10,11). The molecular formula is C8H7N2O. The van der Waals surface area contributed by atoms with Crippen LogP contribution in [0.4, 0.5) is 0 Å². The van der Waals surface area contributed by atoms with Crippen molar-refractivity contribution in [1.29, 1.82) is 0 Å². The van der Waals surface area contributed by atoms with Gasteiger partial charge in [-0.3, -0.25) is 0 Å². The molecule has 0 bridgehead atoms. The van der Waals surface area contributed by atoms with E-state index in [0.717, 1.165) is 16.6 Å². The lowest BCUT2D eigenvalue weighted by Gasteiger charge is -1.90. The lowest BCUT2D eigenvalue weighted by molar-refractivity contribution is 1.21. The number of fused-ring (bicyclic) bond motifs is 1. The van der Waals surface area contributed by atoms with Crippen molar-refractivity contribution in [3.63, 3.8) is 0 Å². The molecular weight excluding hydrogens is 140 g/mol. The molecule has 0 aliphatic heterocycles. The quantitative estimate of drug-likeness (QED) is 0.574. The van der Waals surface area contributed by atoms with Crippen LogP contribution in [0.1, 0.15) is 5.56 Å². The van der Waals surface area contributed by atoms with Crippen molar-refractivity contribution < 1.29 is 0 Å². The van der Waals surface area contributed by atoms with Crippen LogP contribution in [0.25, 0.3) is 11.0 Å². The Morgan fingerprint density at radius 1 is 1.27 bits per heavy atom. The van der Waals surface area contributed by atoms with Gasteiger partial charge in [0.05, 0.1) is 11.0 Å². The summed E-state index contributed by atoms with van der Waals surface area (Å²) in [6.45, 7) is 3.77. The van der Waals surface area contributed by atoms with E-state index in [9.17, 15) is 4.79 Å². The number of rotatable bonds is 0. The molecule has 0 unspecified atom stereocenters. The minimum absolute atomic E-state index is 0.184. The highest BCUT2D eigenvalue weighted by Crippen LogP contribution is 2.10. The van der Waals surface area contributed by atoms with E-state index >= 15 is 0 Å². The summed E-state index contributed by atoms with van der Waals surface area (Å²) in [4.78, 5) is 16.1. The van der Waals surface area contributed by atoms with Gasteiger partial charge in [-0.1, -0.05) is 12.1 Å². The van der Waals surface area contributed by atoms with E-state index in [-0.39, 0.29) is 5.69 Å². The van der Waals surface area contributed by atoms with E-state index in [4.69, 9.17) is 0 Å². The molecule has 0 saturated carbocycles. The Hall–Kier alpha value is -1.51. The molecule has 2 aromatic rings. The number of aromatic amines is 2. The zero-order valence-electron chi connectivity index (χ0n) is 5.85. The average molecular weight is 147 g/mol. The second-order valence-corrected chi connectivity index (χ2v) is 2.42. The normalized spacial score (nSPS) is 10.6. The summed E-state index contributed by atoms with van der Waals surface area (Å²) in [5.41, 5.74) is 2.25. The SMILES string of the molecule is [CH2]c1cccc2[nH]c(=O)[nH]c12. The lowest BCUT2D eigenvalue weighted by atomic mass is 10.2. The Labute approximate surface area is 63.1 Å². The van der Waals surface area contributed by atoms with Gasteiger partial charge in [-0.15, -0.1) is 0 Å². The summed E-state index contributed by atoms with van der Waals surface area (Å²) in [6.07, 6.45) is 0. The predicted molar refractivity (Wildman–Crippen MR) is 43.4 cm³/mol. The van der Waals surface area contributed by atoms with Crippen molar-refractivity contribution in [2.75, 3.05) is 0 Å². The molecule has 3 heteroatoms. The van der Waals surface area contributed by atoms with Crippen LogP contribution < -0.4 is 5.69 Å². The number of nitrogens with one attached hydrogen (secondary N) is 2. The molecule has 55 valence electrons. The first-order valence-electron chi connectivity index (χ1n) is 3.30. The molecule has 0 atom stereocenters. The van der Waals surface area contributed by atoms with E-state index in [0.29, 0.717) is 0 Å². The number of hydrogen-bond donors (Lipinski definition) is 2. The van der Waals surface area contributed by atoms with Gasteiger partial charge in [-0.05, 0) is 18.6 Å². The second-order valence-electron chi connectivity index (χ2n) is 2.42. The maximum atomic E-state index is 10.8. The molecule has 0 fully saturated rings. The number of benzene rings is 1. The lowest BCUT2D eigenvalue weighted by Crippen LogP contribution is -1.99. The number of para-hydroxylation sites is 1. The molecule has 0 aliphatic carbocycles. The molecule has 11 heavy (non-hydrogen) atoms. The number of H-pyrrole nitrogens is 2. The summed E-state index contributed by atoms with van der Waals surface area (Å²) in [5.74, 6) is 0. The molecule has 1 heterocycles. The molecule has 1 aromatic carbocycles. The van der Waals surface area contributed by atoms with Crippen LogP contribution in [0.3, 0.4) is 0 Å². The van der Waals surface area contributed by atoms with Gasteiger partial charge in [0.25, 0.3) is 0 Å². The van der Waals surface area contributed by atoms with Gasteiger partial charge < -0.3 is 9.97 Å². The van der Waals surface area contributed by atoms with Crippen LogP contribution in [0.15, 0.2) is 23.0 Å². The van der Waals surface area contributed by atoms with E-state index < -0.39 is 0 Å². The van der Waals surface area contributed by atoms with Gasteiger partial charge in [0.1, 0.15) is 0 Å². The Balaban J connectivity index is 3.01. The molecule has 2 N–H and O–H groups in total. The summed E-state index contributed by atoms with van der Waals surface area (Å²) >= 11 is 0. The third kappa shape index (κ3) is 0.852. The molecule has 0 aliphatic rings. The first-order valence-corrected chi connectivity index (χ1v) is 3.30. The topological polar surface area (TPSA) is 48.6 Å². The molecule has 0 amide bonds. The van der Waals surface area contributed by atoms with Crippen LogP contribution in [0.2, 0.25) is 0 Å². The third-order valence-electron chi connectivity index (χ3n) is 1.64. The van der Waals surface area contributed by atoms with Gasteiger partial charge in [-0.2, -0.15) is 0 Å². The fraction of sp³-hybridized carbons (Fsp3) is 0. The van der Waals surface area contributed by atoms with Crippen LogP contribution in [-0.2, 0) is 0 Å². The number of imidazole rings is 1. The first kappa shape index (κ1) is 6.22. The van der Waals surface area contributed by atoms with E-state index in [1.807, 2.05) is 18.2 Å². The second kappa shape index (κ2) is 1.99. The molecule has 0 spiro atoms. The monoisotopic (exact) mass is 147 g/mol. The Bertz CT molecular complexity index is 439. The highest BCUT2D eigenvalue weighted by Gasteiger charge is 1.97. The van der Waals surface area contributed by atoms with Crippen molar-refractivity contribution in [2.24, 2.45) is 0 Å². The van der Waals surface area contributed by atoms with E-state index in [2.05, 4.69) is 16.9 Å². The Morgan fingerprint density at radius 3 is 2.82 bits per heavy atom. The van der Waals surface area contributed by atoms with Crippen molar-refractivity contribution >= 4 is 11.0 Å². The van der Waals surface area contributed by atoms with Crippen LogP contribution in [0.5, 0.6) is 0 Å². The van der Waals surface area contributed by atoms with Gasteiger partial charge in [-0.25, -0.2) is 4.79 Å². The average Bonchev–Trinajstić information content (AvgIpc) is 2.31. The summed E-state index contributed by atoms with van der Waals surface area (Å²) < 4.78 is 0. The van der Waals surface area contributed by atoms with Crippen LogP contribution >= 0.6 is 0 Å². The van der Waals surface area contributed by atoms with Gasteiger partial charge in [0, 0.05) is 0 Å². The van der Waals surface area contributed by atoms with Crippen LogP contribution in [-0.4, -0.2) is 9.97 Å². The minimum atomic E-state index is -0.184. The zero-order chi connectivity index (χ0) is 7.84. The highest BCUT2D eigenvalue weighted by molar-refractivity contribution is 5.78. The number of aromatic nitrogens is 2. The van der Waals surface area contributed by atoms with Crippen molar-refractivity contribution in [2.45, 2.75) is 0 Å². The Kier molecular flexibility index (Phi) is 1.12. The fourth-order valence-corrected chi connectivity index (χ4v) is 1.12. The fourth-order valence-electron chi connectivity index (χ4n) is 1.12. The molecule has 3 nitrogen and oxygen atoms in total. The zero-order valence-corrected chi connectivity index (χ0v) is 5.85. The maximum Gasteiger partial charge on any atom is 0.323 e. The maximum absolute atomic E-state index is 10.8. The molecule has 1 aromatic heterocycles. The van der Waals surface area contributed by atoms with Gasteiger partial charge >= 0.3 is 5.69 Å². The third-order valence-corrected chi connectivity index (χ3v) is 1.64. The van der Waals surface area contributed by atoms with Gasteiger partial charge in [0.15, 0.2) is 0 Å². The molecule has 1 radical (unpaired) electrons.